The second-order valence-corrected chi connectivity index (χ2v) is 7.48. The van der Waals surface area contributed by atoms with E-state index in [2.05, 4.69) is 10.3 Å². The predicted octanol–water partition coefficient (Wildman–Crippen LogP) is 3.92. The van der Waals surface area contributed by atoms with Crippen molar-refractivity contribution >= 4 is 23.4 Å². The van der Waals surface area contributed by atoms with Crippen molar-refractivity contribution in [1.29, 1.82) is 0 Å². The number of hydrogen-bond donors (Lipinski definition) is 1. The van der Waals surface area contributed by atoms with Crippen molar-refractivity contribution in [3.05, 3.63) is 48.2 Å². The Morgan fingerprint density at radius 3 is 2.62 bits per heavy atom. The monoisotopic (exact) mass is 394 g/mol. The third-order valence-electron chi connectivity index (χ3n) is 5.69. The first-order valence-electron chi connectivity index (χ1n) is 10.2. The Morgan fingerprint density at radius 1 is 1.10 bits per heavy atom. The summed E-state index contributed by atoms with van der Waals surface area (Å²) in [5, 5.41) is 2.83. The Kier molecular flexibility index (Phi) is 5.64. The molecule has 0 radical (unpaired) electrons. The number of para-hydroxylation sites is 1. The second-order valence-electron chi connectivity index (χ2n) is 7.48. The normalized spacial score (nSPS) is 17.5. The summed E-state index contributed by atoms with van der Waals surface area (Å²) in [5.74, 6) is 0.862. The largest absolute Gasteiger partial charge is 0.496 e. The molecule has 1 aromatic carbocycles. The number of amides is 3. The van der Waals surface area contributed by atoms with E-state index in [1.165, 1.54) is 26.4 Å². The molecule has 1 aliphatic carbocycles. The summed E-state index contributed by atoms with van der Waals surface area (Å²) < 4.78 is 5.24. The van der Waals surface area contributed by atoms with Gasteiger partial charge < -0.3 is 15.0 Å². The lowest BCUT2D eigenvalue weighted by molar-refractivity contribution is 0.102. The SMILES string of the molecule is COc1ccccc1C(=O)Nc1ccc(N2CCN(C3CCCCC3)C2=O)nc1. The summed E-state index contributed by atoms with van der Waals surface area (Å²) >= 11 is 0. The first-order chi connectivity index (χ1) is 14.2. The number of aromatic nitrogens is 1. The van der Waals surface area contributed by atoms with E-state index in [-0.39, 0.29) is 11.9 Å². The number of carbonyl (C=O) groups is 2. The maximum atomic E-state index is 12.9. The van der Waals surface area contributed by atoms with E-state index in [0.717, 1.165) is 19.4 Å². The summed E-state index contributed by atoms with van der Waals surface area (Å²) in [6.07, 6.45) is 7.45. The number of pyridine rings is 1. The van der Waals surface area contributed by atoms with Crippen molar-refractivity contribution < 1.29 is 14.3 Å². The Hall–Kier alpha value is -3.09. The lowest BCUT2D eigenvalue weighted by atomic mass is 9.94. The van der Waals surface area contributed by atoms with Gasteiger partial charge >= 0.3 is 6.03 Å². The van der Waals surface area contributed by atoms with E-state index in [0.29, 0.717) is 35.4 Å². The van der Waals surface area contributed by atoms with Crippen LogP contribution in [0.3, 0.4) is 0 Å². The minimum Gasteiger partial charge on any atom is -0.496 e. The molecule has 7 heteroatoms. The van der Waals surface area contributed by atoms with Gasteiger partial charge in [-0.3, -0.25) is 9.69 Å². The van der Waals surface area contributed by atoms with Gasteiger partial charge in [0.25, 0.3) is 5.91 Å². The number of nitrogens with zero attached hydrogens (tertiary/aromatic N) is 3. The molecule has 0 bridgehead atoms. The quantitative estimate of drug-likeness (QED) is 0.834. The molecule has 1 saturated carbocycles. The lowest BCUT2D eigenvalue weighted by Gasteiger charge is -2.30. The molecule has 0 atom stereocenters. The summed E-state index contributed by atoms with van der Waals surface area (Å²) in [7, 11) is 1.53. The molecule has 29 heavy (non-hydrogen) atoms. The molecule has 7 nitrogen and oxygen atoms in total. The Balaban J connectivity index is 1.41. The van der Waals surface area contributed by atoms with E-state index in [1.807, 2.05) is 11.0 Å². The van der Waals surface area contributed by atoms with Gasteiger partial charge in [-0.25, -0.2) is 9.78 Å². The van der Waals surface area contributed by atoms with Crippen molar-refractivity contribution in [1.82, 2.24) is 9.88 Å². The Labute approximate surface area is 170 Å². The number of hydrogen-bond acceptors (Lipinski definition) is 4. The smallest absolute Gasteiger partial charge is 0.326 e. The van der Waals surface area contributed by atoms with Crippen LogP contribution in [0.1, 0.15) is 42.5 Å². The fraction of sp³-hybridized carbons (Fsp3) is 0.409. The standard InChI is InChI=1S/C22H26N4O3/c1-29-19-10-6-5-9-18(19)21(27)24-16-11-12-20(23-15-16)26-14-13-25(22(26)28)17-7-3-2-4-8-17/h5-6,9-12,15,17H,2-4,7-8,13-14H2,1H3,(H,24,27). The fourth-order valence-electron chi connectivity index (χ4n) is 4.15. The Morgan fingerprint density at radius 2 is 1.90 bits per heavy atom. The van der Waals surface area contributed by atoms with Crippen LogP contribution in [0.5, 0.6) is 5.75 Å². The van der Waals surface area contributed by atoms with E-state index < -0.39 is 0 Å². The number of nitrogens with one attached hydrogen (secondary N) is 1. The zero-order chi connectivity index (χ0) is 20.2. The molecule has 2 fully saturated rings. The number of anilines is 2. The van der Waals surface area contributed by atoms with Crippen LogP contribution < -0.4 is 15.0 Å². The highest BCUT2D eigenvalue weighted by Crippen LogP contribution is 2.28. The van der Waals surface area contributed by atoms with Crippen molar-refractivity contribution in [2.45, 2.75) is 38.1 Å². The van der Waals surface area contributed by atoms with Crippen LogP contribution in [-0.2, 0) is 0 Å². The molecule has 2 aliphatic rings. The summed E-state index contributed by atoms with van der Waals surface area (Å²) in [4.78, 5) is 33.5. The molecule has 4 rings (SSSR count). The van der Waals surface area contributed by atoms with Gasteiger partial charge in [0.15, 0.2) is 0 Å². The molecule has 3 amide bonds. The van der Waals surface area contributed by atoms with E-state index in [9.17, 15) is 9.59 Å². The van der Waals surface area contributed by atoms with Crippen molar-refractivity contribution in [3.8, 4) is 5.75 Å². The molecule has 0 spiro atoms. The van der Waals surface area contributed by atoms with Crippen LogP contribution >= 0.6 is 0 Å². The van der Waals surface area contributed by atoms with Crippen LogP contribution in [0.25, 0.3) is 0 Å². The third kappa shape index (κ3) is 4.04. The van der Waals surface area contributed by atoms with Crippen LogP contribution in [0, 0.1) is 0 Å². The second kappa shape index (κ2) is 8.51. The highest BCUT2D eigenvalue weighted by molar-refractivity contribution is 6.06. The van der Waals surface area contributed by atoms with Crippen LogP contribution in [0.4, 0.5) is 16.3 Å². The van der Waals surface area contributed by atoms with Gasteiger partial charge in [0.2, 0.25) is 0 Å². The van der Waals surface area contributed by atoms with E-state index in [4.69, 9.17) is 4.74 Å². The number of methoxy groups -OCH3 is 1. The maximum Gasteiger partial charge on any atom is 0.326 e. The highest BCUT2D eigenvalue weighted by Gasteiger charge is 2.35. The van der Waals surface area contributed by atoms with Gasteiger partial charge in [-0.2, -0.15) is 0 Å². The van der Waals surface area contributed by atoms with Gasteiger partial charge in [0.1, 0.15) is 11.6 Å². The summed E-state index contributed by atoms with van der Waals surface area (Å²) in [6, 6.07) is 11.0. The molecule has 1 saturated heterocycles. The van der Waals surface area contributed by atoms with Crippen LogP contribution in [0.2, 0.25) is 0 Å². The van der Waals surface area contributed by atoms with Crippen molar-refractivity contribution in [2.24, 2.45) is 0 Å². The van der Waals surface area contributed by atoms with Gasteiger partial charge in [0.05, 0.1) is 24.6 Å². The maximum absolute atomic E-state index is 12.9. The predicted molar refractivity (Wildman–Crippen MR) is 112 cm³/mol. The van der Waals surface area contributed by atoms with Gasteiger partial charge in [0, 0.05) is 19.1 Å². The number of rotatable bonds is 5. The molecule has 1 aliphatic heterocycles. The Bertz CT molecular complexity index is 878. The van der Waals surface area contributed by atoms with Gasteiger partial charge in [-0.15, -0.1) is 0 Å². The lowest BCUT2D eigenvalue weighted by Crippen LogP contribution is -2.40. The van der Waals surface area contributed by atoms with Gasteiger partial charge in [-0.1, -0.05) is 31.4 Å². The average Bonchev–Trinajstić information content (AvgIpc) is 3.16. The van der Waals surface area contributed by atoms with Crippen LogP contribution in [0.15, 0.2) is 42.6 Å². The topological polar surface area (TPSA) is 74.8 Å². The number of ether oxygens (including phenoxy) is 1. The summed E-state index contributed by atoms with van der Waals surface area (Å²) in [6.45, 7) is 1.40. The van der Waals surface area contributed by atoms with E-state index >= 15 is 0 Å². The summed E-state index contributed by atoms with van der Waals surface area (Å²) in [5.41, 5.74) is 1.03. The molecule has 0 unspecified atom stereocenters. The van der Waals surface area contributed by atoms with Crippen molar-refractivity contribution in [2.75, 3.05) is 30.4 Å². The zero-order valence-electron chi connectivity index (χ0n) is 16.6. The third-order valence-corrected chi connectivity index (χ3v) is 5.69. The molecular formula is C22H26N4O3. The van der Waals surface area contributed by atoms with Crippen LogP contribution in [-0.4, -0.2) is 48.1 Å². The number of carbonyl (C=O) groups excluding carboxylic acids is 2. The fourth-order valence-corrected chi connectivity index (χ4v) is 4.15. The number of benzene rings is 1. The molecular weight excluding hydrogens is 368 g/mol. The molecule has 2 heterocycles. The molecule has 152 valence electrons. The van der Waals surface area contributed by atoms with E-state index in [1.54, 1.807) is 41.4 Å². The highest BCUT2D eigenvalue weighted by atomic mass is 16.5. The average molecular weight is 394 g/mol. The first kappa shape index (κ1) is 19.2. The molecule has 2 aromatic rings. The number of urea groups is 1. The molecule has 1 N–H and O–H groups in total. The van der Waals surface area contributed by atoms with Crippen molar-refractivity contribution in [3.63, 3.8) is 0 Å². The minimum absolute atomic E-state index is 0.0372. The van der Waals surface area contributed by atoms with Gasteiger partial charge in [-0.05, 0) is 37.1 Å². The zero-order valence-corrected chi connectivity index (χ0v) is 16.6. The first-order valence-corrected chi connectivity index (χ1v) is 10.2. The molecule has 1 aromatic heterocycles. The minimum atomic E-state index is -0.266.